The Morgan fingerprint density at radius 1 is 1.29 bits per heavy atom. The zero-order chi connectivity index (χ0) is 14.2. The Morgan fingerprint density at radius 3 is 2.86 bits per heavy atom. The van der Waals surface area contributed by atoms with Gasteiger partial charge in [-0.1, -0.05) is 13.3 Å². The van der Waals surface area contributed by atoms with Gasteiger partial charge in [-0.2, -0.15) is 9.61 Å². The molecule has 2 unspecified atom stereocenters. The number of ether oxygens (including phenoxy) is 1. The maximum absolute atomic E-state index is 5.69. The fourth-order valence-corrected chi connectivity index (χ4v) is 3.61. The van der Waals surface area contributed by atoms with Crippen LogP contribution in [0, 0.1) is 0 Å². The van der Waals surface area contributed by atoms with E-state index in [1.807, 2.05) is 10.7 Å². The van der Waals surface area contributed by atoms with Crippen LogP contribution in [0.2, 0.25) is 0 Å². The number of morpholine rings is 1. The molecule has 2 bridgehead atoms. The highest BCUT2D eigenvalue weighted by molar-refractivity contribution is 5.52. The van der Waals surface area contributed by atoms with Crippen LogP contribution < -0.4 is 4.90 Å². The van der Waals surface area contributed by atoms with E-state index in [0.717, 1.165) is 31.0 Å². The van der Waals surface area contributed by atoms with Crippen LogP contribution >= 0.6 is 0 Å². The number of aromatic nitrogens is 3. The van der Waals surface area contributed by atoms with Crippen LogP contribution in [0.15, 0.2) is 18.3 Å². The highest BCUT2D eigenvalue weighted by Gasteiger charge is 2.38. The van der Waals surface area contributed by atoms with Gasteiger partial charge >= 0.3 is 0 Å². The van der Waals surface area contributed by atoms with Crippen molar-refractivity contribution in [2.45, 2.75) is 51.1 Å². The first-order valence-corrected chi connectivity index (χ1v) is 8.06. The minimum atomic E-state index is 0.498. The van der Waals surface area contributed by atoms with Crippen molar-refractivity contribution in [2.75, 3.05) is 18.1 Å². The molecule has 2 fully saturated rings. The monoisotopic (exact) mass is 286 g/mol. The molecule has 5 heteroatoms. The van der Waals surface area contributed by atoms with Crippen molar-refractivity contribution in [3.05, 3.63) is 24.0 Å². The van der Waals surface area contributed by atoms with E-state index >= 15 is 0 Å². The van der Waals surface area contributed by atoms with Crippen LogP contribution in [0.4, 0.5) is 5.82 Å². The largest absolute Gasteiger partial charge is 0.377 e. The highest BCUT2D eigenvalue weighted by atomic mass is 16.5. The molecule has 4 heterocycles. The number of aryl methyl sites for hydroxylation is 1. The van der Waals surface area contributed by atoms with Gasteiger partial charge in [-0.05, 0) is 31.7 Å². The van der Waals surface area contributed by atoms with Gasteiger partial charge in [0.2, 0.25) is 0 Å². The summed E-state index contributed by atoms with van der Waals surface area (Å²) in [4.78, 5) is 6.99. The number of hydrogen-bond donors (Lipinski definition) is 0. The van der Waals surface area contributed by atoms with E-state index in [9.17, 15) is 0 Å². The topological polar surface area (TPSA) is 42.7 Å². The van der Waals surface area contributed by atoms with Crippen LogP contribution in [0.5, 0.6) is 0 Å². The molecule has 2 aliphatic rings. The van der Waals surface area contributed by atoms with E-state index in [-0.39, 0.29) is 0 Å². The Hall–Kier alpha value is -1.62. The molecule has 0 N–H and O–H groups in total. The molecular formula is C16H22N4O. The van der Waals surface area contributed by atoms with Gasteiger partial charge in [0.05, 0.1) is 31.0 Å². The molecule has 2 saturated heterocycles. The lowest BCUT2D eigenvalue weighted by atomic mass is 10.2. The lowest BCUT2D eigenvalue weighted by Crippen LogP contribution is -2.46. The smallest absolute Gasteiger partial charge is 0.157 e. The second-order valence-corrected chi connectivity index (χ2v) is 6.14. The Bertz CT molecular complexity index is 622. The van der Waals surface area contributed by atoms with Crippen molar-refractivity contribution in [2.24, 2.45) is 0 Å². The number of fused-ring (bicyclic) bond motifs is 3. The Balaban J connectivity index is 1.73. The summed E-state index contributed by atoms with van der Waals surface area (Å²) in [6.45, 7) is 3.89. The summed E-state index contributed by atoms with van der Waals surface area (Å²) in [6, 6.07) is 5.22. The van der Waals surface area contributed by atoms with Gasteiger partial charge < -0.3 is 9.64 Å². The summed E-state index contributed by atoms with van der Waals surface area (Å²) < 4.78 is 7.72. The molecule has 2 aliphatic heterocycles. The van der Waals surface area contributed by atoms with E-state index in [1.165, 1.54) is 31.5 Å². The number of nitrogens with zero attached hydrogens (tertiary/aromatic N) is 4. The molecule has 2 aromatic rings. The van der Waals surface area contributed by atoms with Gasteiger partial charge in [0.15, 0.2) is 5.65 Å². The fraction of sp³-hybridized carbons (Fsp3) is 0.625. The number of unbranched alkanes of at least 4 members (excludes halogenated alkanes) is 1. The molecule has 112 valence electrons. The maximum Gasteiger partial charge on any atom is 0.157 e. The van der Waals surface area contributed by atoms with Crippen molar-refractivity contribution in [1.29, 1.82) is 0 Å². The Labute approximate surface area is 124 Å². The molecule has 0 radical (unpaired) electrons. The van der Waals surface area contributed by atoms with Gasteiger partial charge in [0.25, 0.3) is 0 Å². The van der Waals surface area contributed by atoms with E-state index in [4.69, 9.17) is 9.84 Å². The first kappa shape index (κ1) is 13.1. The van der Waals surface area contributed by atoms with Gasteiger partial charge in [-0.15, -0.1) is 0 Å². The van der Waals surface area contributed by atoms with Crippen LogP contribution in [-0.2, 0) is 11.2 Å². The van der Waals surface area contributed by atoms with Gasteiger partial charge in [-0.3, -0.25) is 0 Å². The minimum absolute atomic E-state index is 0.498. The number of hydrogen-bond acceptors (Lipinski definition) is 4. The zero-order valence-corrected chi connectivity index (χ0v) is 12.5. The zero-order valence-electron chi connectivity index (χ0n) is 12.5. The first-order valence-electron chi connectivity index (χ1n) is 8.06. The van der Waals surface area contributed by atoms with E-state index < -0.39 is 0 Å². The molecule has 4 rings (SSSR count). The molecule has 0 aliphatic carbocycles. The average molecular weight is 286 g/mol. The lowest BCUT2D eigenvalue weighted by Gasteiger charge is -2.36. The van der Waals surface area contributed by atoms with Gasteiger partial charge in [-0.25, -0.2) is 4.98 Å². The standard InChI is InChI=1S/C16H22N4O/c1-2-3-4-12-9-15-17-8-7-16(20(15)18-12)19-13-5-6-14(19)11-21-10-13/h7-9,13-14H,2-6,10-11H2,1H3. The first-order chi connectivity index (χ1) is 10.4. The molecule has 0 saturated carbocycles. The summed E-state index contributed by atoms with van der Waals surface area (Å²) in [6.07, 6.45) is 7.76. The van der Waals surface area contributed by atoms with Crippen molar-refractivity contribution in [3.8, 4) is 0 Å². The average Bonchev–Trinajstić information content (AvgIpc) is 3.02. The van der Waals surface area contributed by atoms with E-state index in [2.05, 4.69) is 28.9 Å². The Kier molecular flexibility index (Phi) is 3.30. The third-order valence-corrected chi connectivity index (χ3v) is 4.68. The molecule has 0 spiro atoms. The van der Waals surface area contributed by atoms with Crippen LogP contribution in [0.25, 0.3) is 5.65 Å². The quantitative estimate of drug-likeness (QED) is 0.866. The molecule has 0 aromatic carbocycles. The summed E-state index contributed by atoms with van der Waals surface area (Å²) in [5.74, 6) is 1.18. The predicted octanol–water partition coefficient (Wildman–Crippen LogP) is 2.44. The second kappa shape index (κ2) is 5.30. The Morgan fingerprint density at radius 2 is 2.10 bits per heavy atom. The molecule has 0 amide bonds. The molecule has 2 atom stereocenters. The van der Waals surface area contributed by atoms with Crippen LogP contribution in [0.3, 0.4) is 0 Å². The molecular weight excluding hydrogens is 264 g/mol. The van der Waals surface area contributed by atoms with Crippen LogP contribution in [0.1, 0.15) is 38.3 Å². The third-order valence-electron chi connectivity index (χ3n) is 4.68. The summed E-state index contributed by atoms with van der Waals surface area (Å²) in [5, 5.41) is 4.79. The summed E-state index contributed by atoms with van der Waals surface area (Å²) in [5.41, 5.74) is 2.11. The highest BCUT2D eigenvalue weighted by Crippen LogP contribution is 2.33. The SMILES string of the molecule is CCCCc1cc2nccc(N3C4CCC3COC4)n2n1. The normalized spacial score (nSPS) is 24.9. The minimum Gasteiger partial charge on any atom is -0.377 e. The lowest BCUT2D eigenvalue weighted by molar-refractivity contribution is 0.0900. The molecule has 2 aromatic heterocycles. The second-order valence-electron chi connectivity index (χ2n) is 6.14. The summed E-state index contributed by atoms with van der Waals surface area (Å²) in [7, 11) is 0. The molecule has 21 heavy (non-hydrogen) atoms. The van der Waals surface area contributed by atoms with E-state index in [1.54, 1.807) is 0 Å². The molecule has 5 nitrogen and oxygen atoms in total. The maximum atomic E-state index is 5.69. The number of rotatable bonds is 4. The van der Waals surface area contributed by atoms with Crippen molar-refractivity contribution >= 4 is 11.5 Å². The van der Waals surface area contributed by atoms with E-state index in [0.29, 0.717) is 12.1 Å². The number of anilines is 1. The summed E-state index contributed by atoms with van der Waals surface area (Å²) >= 11 is 0. The van der Waals surface area contributed by atoms with Crippen LogP contribution in [-0.4, -0.2) is 39.9 Å². The van der Waals surface area contributed by atoms with Crippen molar-refractivity contribution in [3.63, 3.8) is 0 Å². The predicted molar refractivity (Wildman–Crippen MR) is 81.7 cm³/mol. The van der Waals surface area contributed by atoms with Crippen molar-refractivity contribution in [1.82, 2.24) is 14.6 Å². The third kappa shape index (κ3) is 2.20. The van der Waals surface area contributed by atoms with Crippen molar-refractivity contribution < 1.29 is 4.74 Å². The fourth-order valence-electron chi connectivity index (χ4n) is 3.61. The van der Waals surface area contributed by atoms with Gasteiger partial charge in [0.1, 0.15) is 5.82 Å². The van der Waals surface area contributed by atoms with Gasteiger partial charge in [0, 0.05) is 12.3 Å².